The fraction of sp³-hybridized carbons (Fsp3) is 0.833. The highest BCUT2D eigenvalue weighted by molar-refractivity contribution is 7.73. The first-order valence-corrected chi connectivity index (χ1v) is 5.02. The Morgan fingerprint density at radius 3 is 2.64 bits per heavy atom. The van der Waals surface area contributed by atoms with Gasteiger partial charge in [0.15, 0.2) is 0 Å². The fourth-order valence-electron chi connectivity index (χ4n) is 1.30. The second kappa shape index (κ2) is 4.09. The van der Waals surface area contributed by atoms with Crippen molar-refractivity contribution in [3.05, 3.63) is 0 Å². The molecule has 0 saturated heterocycles. The molecule has 0 aromatic rings. The van der Waals surface area contributed by atoms with Gasteiger partial charge in [-0.2, -0.15) is 8.42 Å². The van der Waals surface area contributed by atoms with Gasteiger partial charge < -0.3 is 0 Å². The van der Waals surface area contributed by atoms with Crippen LogP contribution in [0, 0.1) is 0 Å². The van der Waals surface area contributed by atoms with Crippen molar-refractivity contribution in [1.29, 1.82) is 0 Å². The zero-order valence-electron chi connectivity index (χ0n) is 6.01. The van der Waals surface area contributed by atoms with Crippen LogP contribution in [0.2, 0.25) is 0 Å². The highest BCUT2D eigenvalue weighted by atomic mass is 35.5. The molecule has 1 rings (SSSR count). The highest BCUT2D eigenvalue weighted by Gasteiger charge is 2.20. The van der Waals surface area contributed by atoms with Crippen LogP contribution in [0.5, 0.6) is 0 Å². The molecule has 11 heavy (non-hydrogen) atoms. The van der Waals surface area contributed by atoms with Gasteiger partial charge in [0, 0.05) is 0 Å². The molecule has 1 atom stereocenters. The third-order valence-electron chi connectivity index (χ3n) is 1.90. The molecule has 0 radical (unpaired) electrons. The van der Waals surface area contributed by atoms with Crippen LogP contribution in [0.1, 0.15) is 25.7 Å². The van der Waals surface area contributed by atoms with Crippen LogP contribution in [0.15, 0.2) is 0 Å². The SMILES string of the molecule is O=S(=O)=C1CCCCC1NCl. The summed E-state index contributed by atoms with van der Waals surface area (Å²) >= 11 is 5.37. The van der Waals surface area contributed by atoms with Gasteiger partial charge >= 0.3 is 0 Å². The van der Waals surface area contributed by atoms with Crippen molar-refractivity contribution < 1.29 is 8.42 Å². The third-order valence-corrected chi connectivity index (χ3v) is 3.08. The minimum absolute atomic E-state index is 0.135. The quantitative estimate of drug-likeness (QED) is 0.496. The van der Waals surface area contributed by atoms with E-state index in [1.807, 2.05) is 0 Å². The molecule has 1 unspecified atom stereocenters. The van der Waals surface area contributed by atoms with Crippen LogP contribution in [-0.2, 0) is 10.3 Å². The second-order valence-electron chi connectivity index (χ2n) is 2.61. The molecule has 0 aliphatic heterocycles. The van der Waals surface area contributed by atoms with Crippen LogP contribution in [0.4, 0.5) is 0 Å². The maximum Gasteiger partial charge on any atom is 0.214 e. The van der Waals surface area contributed by atoms with E-state index < -0.39 is 10.3 Å². The summed E-state index contributed by atoms with van der Waals surface area (Å²) in [5, 5.41) is 0. The summed E-state index contributed by atoms with van der Waals surface area (Å²) in [7, 11) is -2.06. The maximum atomic E-state index is 10.6. The third kappa shape index (κ3) is 2.18. The van der Waals surface area contributed by atoms with Crippen LogP contribution < -0.4 is 4.84 Å². The number of halogens is 1. The predicted octanol–water partition coefficient (Wildman–Crippen LogP) is 0.724. The lowest BCUT2D eigenvalue weighted by atomic mass is 9.96. The van der Waals surface area contributed by atoms with Crippen molar-refractivity contribution in [3.63, 3.8) is 0 Å². The Hall–Kier alpha value is -0.0600. The summed E-state index contributed by atoms with van der Waals surface area (Å²) in [5.74, 6) is 0. The first-order valence-electron chi connectivity index (χ1n) is 3.57. The molecule has 1 aliphatic carbocycles. The Morgan fingerprint density at radius 1 is 1.45 bits per heavy atom. The van der Waals surface area contributed by atoms with Crippen molar-refractivity contribution in [2.45, 2.75) is 31.7 Å². The van der Waals surface area contributed by atoms with E-state index in [0.29, 0.717) is 11.3 Å². The van der Waals surface area contributed by atoms with Gasteiger partial charge in [0.25, 0.3) is 0 Å². The standard InChI is InChI=1S/C6H10ClNO2S/c7-8-5-3-1-2-4-6(5)11(9)10/h5,8H,1-4H2. The fourth-order valence-corrected chi connectivity index (χ4v) is 2.32. The average Bonchev–Trinajstić information content (AvgIpc) is 2.04. The molecule has 1 fully saturated rings. The number of hydrogen-bond donors (Lipinski definition) is 1. The van der Waals surface area contributed by atoms with Gasteiger partial charge in [-0.1, -0.05) is 6.42 Å². The Labute approximate surface area is 72.4 Å². The van der Waals surface area contributed by atoms with Gasteiger partial charge in [0.1, 0.15) is 0 Å². The van der Waals surface area contributed by atoms with E-state index >= 15 is 0 Å². The molecule has 5 heteroatoms. The number of hydrogen-bond acceptors (Lipinski definition) is 3. The zero-order chi connectivity index (χ0) is 8.27. The van der Waals surface area contributed by atoms with Crippen LogP contribution in [0.25, 0.3) is 0 Å². The van der Waals surface area contributed by atoms with Gasteiger partial charge in [-0.3, -0.25) is 0 Å². The lowest BCUT2D eigenvalue weighted by Gasteiger charge is -2.19. The van der Waals surface area contributed by atoms with E-state index in [1.54, 1.807) is 0 Å². The Kier molecular flexibility index (Phi) is 3.36. The molecule has 0 bridgehead atoms. The van der Waals surface area contributed by atoms with Crippen LogP contribution in [0.3, 0.4) is 0 Å². The molecule has 64 valence electrons. The lowest BCUT2D eigenvalue weighted by Crippen LogP contribution is -2.34. The van der Waals surface area contributed by atoms with E-state index in [4.69, 9.17) is 11.8 Å². The summed E-state index contributed by atoms with van der Waals surface area (Å²) in [6.07, 6.45) is 3.48. The van der Waals surface area contributed by atoms with Crippen LogP contribution in [-0.4, -0.2) is 19.3 Å². The smallest absolute Gasteiger partial charge is 0.214 e. The zero-order valence-corrected chi connectivity index (χ0v) is 7.58. The van der Waals surface area contributed by atoms with E-state index in [-0.39, 0.29) is 6.04 Å². The van der Waals surface area contributed by atoms with Crippen molar-refractivity contribution >= 4 is 26.9 Å². The first kappa shape index (κ1) is 9.03. The van der Waals surface area contributed by atoms with Crippen molar-refractivity contribution in [2.24, 2.45) is 0 Å². The van der Waals surface area contributed by atoms with E-state index in [0.717, 1.165) is 19.3 Å². The number of nitrogens with one attached hydrogen (secondary N) is 1. The summed E-state index contributed by atoms with van der Waals surface area (Å²) in [6.45, 7) is 0. The van der Waals surface area contributed by atoms with Gasteiger partial charge in [-0.15, -0.1) is 0 Å². The van der Waals surface area contributed by atoms with E-state index in [2.05, 4.69) is 4.84 Å². The van der Waals surface area contributed by atoms with Gasteiger partial charge in [0.05, 0.1) is 10.9 Å². The molecule has 3 nitrogen and oxygen atoms in total. The molecule has 1 saturated carbocycles. The molecule has 1 aliphatic rings. The molecule has 0 aromatic carbocycles. The lowest BCUT2D eigenvalue weighted by molar-refractivity contribution is 0.585. The Morgan fingerprint density at radius 2 is 2.18 bits per heavy atom. The van der Waals surface area contributed by atoms with Crippen LogP contribution >= 0.6 is 11.8 Å². The minimum atomic E-state index is -2.06. The minimum Gasteiger partial charge on any atom is -0.225 e. The molecular formula is C6H10ClNO2S. The van der Waals surface area contributed by atoms with Crippen molar-refractivity contribution in [1.82, 2.24) is 4.84 Å². The Balaban J connectivity index is 2.84. The van der Waals surface area contributed by atoms with Crippen molar-refractivity contribution in [2.75, 3.05) is 0 Å². The average molecular weight is 196 g/mol. The number of rotatable bonds is 1. The largest absolute Gasteiger partial charge is 0.225 e. The molecule has 0 aromatic heterocycles. The van der Waals surface area contributed by atoms with E-state index in [1.165, 1.54) is 0 Å². The monoisotopic (exact) mass is 195 g/mol. The summed E-state index contributed by atoms with van der Waals surface area (Å²) in [4.78, 5) is 3.00. The maximum absolute atomic E-state index is 10.6. The van der Waals surface area contributed by atoms with Gasteiger partial charge in [0.2, 0.25) is 10.3 Å². The summed E-state index contributed by atoms with van der Waals surface area (Å²) in [5.41, 5.74) is 0. The molecule has 0 spiro atoms. The predicted molar refractivity (Wildman–Crippen MR) is 45.2 cm³/mol. The summed E-state index contributed by atoms with van der Waals surface area (Å²) in [6, 6.07) is -0.135. The van der Waals surface area contributed by atoms with Crippen molar-refractivity contribution in [3.8, 4) is 0 Å². The molecular weight excluding hydrogens is 186 g/mol. The summed E-state index contributed by atoms with van der Waals surface area (Å²) < 4.78 is 21.2. The molecule has 0 amide bonds. The second-order valence-corrected chi connectivity index (χ2v) is 3.82. The molecule has 1 N–H and O–H groups in total. The molecule has 0 heterocycles. The Bertz CT molecular complexity index is 252. The first-order chi connectivity index (χ1) is 5.25. The normalized spacial score (nSPS) is 25.2. The topological polar surface area (TPSA) is 46.2 Å². The van der Waals surface area contributed by atoms with Gasteiger partial charge in [-0.25, -0.2) is 4.84 Å². The van der Waals surface area contributed by atoms with E-state index in [9.17, 15) is 8.42 Å². The van der Waals surface area contributed by atoms with Gasteiger partial charge in [-0.05, 0) is 31.0 Å². The highest BCUT2D eigenvalue weighted by Crippen LogP contribution is 2.15.